The monoisotopic (exact) mass is 461 g/mol. The van der Waals surface area contributed by atoms with Gasteiger partial charge in [-0.05, 0) is 80.4 Å². The summed E-state index contributed by atoms with van der Waals surface area (Å²) in [4.78, 5) is 17.5. The molecule has 1 aliphatic heterocycles. The van der Waals surface area contributed by atoms with Crippen LogP contribution in [0.25, 0.3) is 16.8 Å². The van der Waals surface area contributed by atoms with Crippen molar-refractivity contribution in [2.75, 3.05) is 18.4 Å². The van der Waals surface area contributed by atoms with Crippen LogP contribution in [0.5, 0.6) is 5.75 Å². The summed E-state index contributed by atoms with van der Waals surface area (Å²) in [5.74, 6) is 0.562. The van der Waals surface area contributed by atoms with Crippen LogP contribution in [0, 0.1) is 6.92 Å². The SMILES string of the molecule is Cc1cc(NC(=O)c2ccn3ncc(-c4cccc(Cl)c4)c3n2)ccc1OC1CCNCC1. The van der Waals surface area contributed by atoms with Gasteiger partial charge in [-0.3, -0.25) is 4.79 Å². The Morgan fingerprint density at radius 3 is 2.82 bits per heavy atom. The van der Waals surface area contributed by atoms with E-state index in [-0.39, 0.29) is 12.0 Å². The van der Waals surface area contributed by atoms with Gasteiger partial charge in [0.25, 0.3) is 5.91 Å². The van der Waals surface area contributed by atoms with Gasteiger partial charge >= 0.3 is 0 Å². The number of aromatic nitrogens is 3. The molecule has 7 nitrogen and oxygen atoms in total. The Bertz CT molecular complexity index is 1310. The maximum Gasteiger partial charge on any atom is 0.274 e. The van der Waals surface area contributed by atoms with E-state index in [2.05, 4.69) is 20.7 Å². The number of carbonyl (C=O) groups excluding carboxylic acids is 1. The normalized spacial score (nSPS) is 14.4. The van der Waals surface area contributed by atoms with Crippen molar-refractivity contribution in [2.24, 2.45) is 0 Å². The standard InChI is InChI=1S/C25H24ClN5O2/c1-16-13-19(5-6-23(16)33-20-7-10-27-11-8-20)29-25(32)22-9-12-31-24(30-22)21(15-28-31)17-3-2-4-18(26)14-17/h2-6,9,12-15,20,27H,7-8,10-11H2,1H3,(H,29,32). The van der Waals surface area contributed by atoms with Gasteiger partial charge < -0.3 is 15.4 Å². The third-order valence-electron chi connectivity index (χ3n) is 5.75. The van der Waals surface area contributed by atoms with Crippen LogP contribution in [-0.4, -0.2) is 39.7 Å². The van der Waals surface area contributed by atoms with Gasteiger partial charge in [-0.2, -0.15) is 5.10 Å². The van der Waals surface area contributed by atoms with E-state index in [0.717, 1.165) is 48.4 Å². The molecule has 0 spiro atoms. The molecule has 1 amide bonds. The van der Waals surface area contributed by atoms with E-state index in [9.17, 15) is 4.79 Å². The smallest absolute Gasteiger partial charge is 0.274 e. The minimum atomic E-state index is -0.290. The second-order valence-corrected chi connectivity index (χ2v) is 8.59. The third-order valence-corrected chi connectivity index (χ3v) is 5.99. The molecule has 0 bridgehead atoms. The number of fused-ring (bicyclic) bond motifs is 1. The van der Waals surface area contributed by atoms with Gasteiger partial charge in [0, 0.05) is 22.5 Å². The number of nitrogens with one attached hydrogen (secondary N) is 2. The number of rotatable bonds is 5. The van der Waals surface area contributed by atoms with E-state index in [4.69, 9.17) is 16.3 Å². The van der Waals surface area contributed by atoms with Crippen LogP contribution in [0.2, 0.25) is 5.02 Å². The number of amides is 1. The van der Waals surface area contributed by atoms with E-state index in [1.165, 1.54) is 0 Å². The summed E-state index contributed by atoms with van der Waals surface area (Å²) in [7, 11) is 0. The zero-order chi connectivity index (χ0) is 22.8. The van der Waals surface area contributed by atoms with Gasteiger partial charge in [0.1, 0.15) is 17.5 Å². The van der Waals surface area contributed by atoms with E-state index in [1.807, 2.05) is 49.4 Å². The highest BCUT2D eigenvalue weighted by atomic mass is 35.5. The predicted octanol–water partition coefficient (Wildman–Crippen LogP) is 4.74. The van der Waals surface area contributed by atoms with Gasteiger partial charge in [0.2, 0.25) is 0 Å². The molecule has 33 heavy (non-hydrogen) atoms. The van der Waals surface area contributed by atoms with Crippen LogP contribution in [-0.2, 0) is 0 Å². The number of benzene rings is 2. The molecule has 0 saturated carbocycles. The Hall–Kier alpha value is -3.42. The molecule has 2 aromatic heterocycles. The molecule has 3 heterocycles. The fourth-order valence-electron chi connectivity index (χ4n) is 4.00. The van der Waals surface area contributed by atoms with Crippen molar-refractivity contribution in [3.63, 3.8) is 0 Å². The van der Waals surface area contributed by atoms with Crippen molar-refractivity contribution < 1.29 is 9.53 Å². The van der Waals surface area contributed by atoms with Crippen molar-refractivity contribution in [3.05, 3.63) is 77.2 Å². The van der Waals surface area contributed by atoms with Crippen LogP contribution in [0.15, 0.2) is 60.9 Å². The molecular formula is C25H24ClN5O2. The first kappa shape index (κ1) is 21.4. The van der Waals surface area contributed by atoms with Crippen molar-refractivity contribution >= 4 is 28.8 Å². The number of carbonyl (C=O) groups is 1. The number of hydrogen-bond acceptors (Lipinski definition) is 5. The van der Waals surface area contributed by atoms with Gasteiger partial charge in [-0.25, -0.2) is 9.50 Å². The summed E-state index contributed by atoms with van der Waals surface area (Å²) in [6, 6.07) is 14.8. The minimum Gasteiger partial charge on any atom is -0.490 e. The Morgan fingerprint density at radius 2 is 2.03 bits per heavy atom. The van der Waals surface area contributed by atoms with E-state index in [1.54, 1.807) is 23.0 Å². The van der Waals surface area contributed by atoms with Gasteiger partial charge in [-0.1, -0.05) is 23.7 Å². The van der Waals surface area contributed by atoms with Crippen LogP contribution in [0.3, 0.4) is 0 Å². The Labute approximate surface area is 196 Å². The molecule has 168 valence electrons. The number of halogens is 1. The molecule has 1 aliphatic rings. The van der Waals surface area contributed by atoms with Crippen molar-refractivity contribution in [3.8, 4) is 16.9 Å². The molecule has 5 rings (SSSR count). The first-order valence-corrected chi connectivity index (χ1v) is 11.3. The van der Waals surface area contributed by atoms with Crippen molar-refractivity contribution in [1.82, 2.24) is 19.9 Å². The van der Waals surface area contributed by atoms with E-state index < -0.39 is 0 Å². The number of piperidine rings is 1. The molecule has 2 aromatic carbocycles. The zero-order valence-electron chi connectivity index (χ0n) is 18.2. The predicted molar refractivity (Wildman–Crippen MR) is 129 cm³/mol. The lowest BCUT2D eigenvalue weighted by atomic mass is 10.1. The van der Waals surface area contributed by atoms with Crippen LogP contribution < -0.4 is 15.4 Å². The molecule has 0 aliphatic carbocycles. The summed E-state index contributed by atoms with van der Waals surface area (Å²) in [5, 5.41) is 11.2. The summed E-state index contributed by atoms with van der Waals surface area (Å²) in [6.45, 7) is 3.94. The lowest BCUT2D eigenvalue weighted by Crippen LogP contribution is -2.34. The highest BCUT2D eigenvalue weighted by Gasteiger charge is 2.17. The Kier molecular flexibility index (Phi) is 5.98. The number of aryl methyl sites for hydroxylation is 1. The number of ether oxygens (including phenoxy) is 1. The van der Waals surface area contributed by atoms with Gasteiger partial charge in [0.15, 0.2) is 5.65 Å². The van der Waals surface area contributed by atoms with Crippen LogP contribution >= 0.6 is 11.6 Å². The Balaban J connectivity index is 1.34. The average Bonchev–Trinajstić information content (AvgIpc) is 3.25. The molecule has 4 aromatic rings. The minimum absolute atomic E-state index is 0.227. The summed E-state index contributed by atoms with van der Waals surface area (Å²) in [6.07, 6.45) is 5.67. The zero-order valence-corrected chi connectivity index (χ0v) is 19.0. The fourth-order valence-corrected chi connectivity index (χ4v) is 4.19. The van der Waals surface area contributed by atoms with Gasteiger partial charge in [-0.15, -0.1) is 0 Å². The maximum atomic E-state index is 12.9. The lowest BCUT2D eigenvalue weighted by molar-refractivity contribution is 0.102. The average molecular weight is 462 g/mol. The summed E-state index contributed by atoms with van der Waals surface area (Å²) >= 11 is 6.14. The molecule has 1 saturated heterocycles. The molecule has 8 heteroatoms. The molecular weight excluding hydrogens is 438 g/mol. The summed E-state index contributed by atoms with van der Waals surface area (Å²) in [5.41, 5.74) is 4.27. The van der Waals surface area contributed by atoms with E-state index >= 15 is 0 Å². The van der Waals surface area contributed by atoms with Crippen LogP contribution in [0.4, 0.5) is 5.69 Å². The summed E-state index contributed by atoms with van der Waals surface area (Å²) < 4.78 is 7.79. The second-order valence-electron chi connectivity index (χ2n) is 8.15. The quantitative estimate of drug-likeness (QED) is 0.448. The maximum absolute atomic E-state index is 12.9. The topological polar surface area (TPSA) is 80.6 Å². The molecule has 2 N–H and O–H groups in total. The first-order valence-electron chi connectivity index (χ1n) is 11.0. The lowest BCUT2D eigenvalue weighted by Gasteiger charge is -2.24. The molecule has 1 fully saturated rings. The van der Waals surface area contributed by atoms with Crippen molar-refractivity contribution in [2.45, 2.75) is 25.9 Å². The van der Waals surface area contributed by atoms with E-state index in [0.29, 0.717) is 22.1 Å². The molecule has 0 radical (unpaired) electrons. The molecule has 0 unspecified atom stereocenters. The Morgan fingerprint density at radius 1 is 1.18 bits per heavy atom. The van der Waals surface area contributed by atoms with Gasteiger partial charge in [0.05, 0.1) is 6.20 Å². The number of nitrogens with zero attached hydrogens (tertiary/aromatic N) is 3. The fraction of sp³-hybridized carbons (Fsp3) is 0.240. The molecule has 0 atom stereocenters. The second kappa shape index (κ2) is 9.21. The van der Waals surface area contributed by atoms with Crippen LogP contribution in [0.1, 0.15) is 28.9 Å². The highest BCUT2D eigenvalue weighted by molar-refractivity contribution is 6.30. The number of anilines is 1. The van der Waals surface area contributed by atoms with Crippen molar-refractivity contribution in [1.29, 1.82) is 0 Å². The first-order chi connectivity index (χ1) is 16.1. The third kappa shape index (κ3) is 4.69. The number of hydrogen-bond donors (Lipinski definition) is 2. The largest absolute Gasteiger partial charge is 0.490 e. The highest BCUT2D eigenvalue weighted by Crippen LogP contribution is 2.27.